The molecular weight excluding hydrogens is 550 g/mol. The van der Waals surface area contributed by atoms with Crippen molar-refractivity contribution in [1.82, 2.24) is 0 Å². The van der Waals surface area contributed by atoms with Crippen molar-refractivity contribution in [3.8, 4) is 45.3 Å². The Balaban J connectivity index is 1.13. The number of nitrogens with zero attached hydrogens (tertiary/aromatic N) is 1. The Bertz CT molecular complexity index is 2410. The lowest BCUT2D eigenvalue weighted by molar-refractivity contribution is 0.446. The van der Waals surface area contributed by atoms with E-state index in [0.717, 1.165) is 56.8 Å². The fourth-order valence-electron chi connectivity index (χ4n) is 7.15. The van der Waals surface area contributed by atoms with E-state index in [2.05, 4.69) is 120 Å². The molecule has 0 radical (unpaired) electrons. The van der Waals surface area contributed by atoms with E-state index in [1.165, 1.54) is 37.9 Å². The predicted octanol–water partition coefficient (Wildman–Crippen LogP) is 12.2. The third-order valence-electron chi connectivity index (χ3n) is 9.19. The Morgan fingerprint density at radius 2 is 0.778 bits per heavy atom. The standard InChI is InChI=1S/C42H25NO2/c1-2-14-32-30(12-1)31-13-3-4-15-33(31)35-23-28(20-21-34(32)35)26-10-9-11-27(22-26)29-24-40-42-41(25-29)45-39-19-8-6-17-37(39)43(42)36-16-5-7-18-38(36)44-40/h1-25H. The number of ether oxygens (including phenoxy) is 2. The fourth-order valence-corrected chi connectivity index (χ4v) is 7.15. The summed E-state index contributed by atoms with van der Waals surface area (Å²) in [6, 6.07) is 53.7. The monoisotopic (exact) mass is 575 g/mol. The zero-order valence-electron chi connectivity index (χ0n) is 24.2. The first-order chi connectivity index (χ1) is 22.3. The van der Waals surface area contributed by atoms with Crippen LogP contribution in [0.2, 0.25) is 0 Å². The van der Waals surface area contributed by atoms with Gasteiger partial charge in [0, 0.05) is 0 Å². The molecule has 0 saturated heterocycles. The molecule has 0 bridgehead atoms. The maximum absolute atomic E-state index is 6.52. The van der Waals surface area contributed by atoms with Gasteiger partial charge in [-0.1, -0.05) is 103 Å². The van der Waals surface area contributed by atoms with Gasteiger partial charge in [0.1, 0.15) is 5.69 Å². The second-order valence-corrected chi connectivity index (χ2v) is 11.7. The number of hydrogen-bond acceptors (Lipinski definition) is 3. The molecule has 2 heterocycles. The summed E-state index contributed by atoms with van der Waals surface area (Å²) in [6.07, 6.45) is 0. The van der Waals surface area contributed by atoms with Gasteiger partial charge in [-0.05, 0) is 103 Å². The van der Waals surface area contributed by atoms with Gasteiger partial charge in [0.15, 0.2) is 23.0 Å². The average molecular weight is 576 g/mol. The molecule has 3 nitrogen and oxygen atoms in total. The molecule has 0 atom stereocenters. The Hall–Kier alpha value is -6.06. The van der Waals surface area contributed by atoms with Crippen LogP contribution in [0.4, 0.5) is 17.1 Å². The molecular formula is C42H25NO2. The maximum Gasteiger partial charge on any atom is 0.156 e. The first-order valence-corrected chi connectivity index (χ1v) is 15.3. The summed E-state index contributed by atoms with van der Waals surface area (Å²) in [5.41, 5.74) is 7.44. The molecule has 210 valence electrons. The van der Waals surface area contributed by atoms with Crippen molar-refractivity contribution in [1.29, 1.82) is 0 Å². The number of benzene rings is 8. The van der Waals surface area contributed by atoms with E-state index in [1.807, 2.05) is 36.4 Å². The minimum absolute atomic E-state index is 0.783. The molecule has 2 aliphatic heterocycles. The second kappa shape index (κ2) is 9.22. The van der Waals surface area contributed by atoms with Gasteiger partial charge in [-0.2, -0.15) is 0 Å². The number of hydrogen-bond donors (Lipinski definition) is 0. The molecule has 8 aromatic carbocycles. The summed E-state index contributed by atoms with van der Waals surface area (Å²) >= 11 is 0. The summed E-state index contributed by atoms with van der Waals surface area (Å²) in [5, 5.41) is 7.68. The highest BCUT2D eigenvalue weighted by molar-refractivity contribution is 6.25. The molecule has 0 saturated carbocycles. The molecule has 0 N–H and O–H groups in total. The summed E-state index contributed by atoms with van der Waals surface area (Å²) in [4.78, 5) is 2.26. The van der Waals surface area contributed by atoms with E-state index in [0.29, 0.717) is 0 Å². The van der Waals surface area contributed by atoms with Crippen LogP contribution in [0, 0.1) is 0 Å². The molecule has 0 unspecified atom stereocenters. The van der Waals surface area contributed by atoms with Crippen LogP contribution in [0.5, 0.6) is 23.0 Å². The highest BCUT2D eigenvalue weighted by Gasteiger charge is 2.34. The third-order valence-corrected chi connectivity index (χ3v) is 9.19. The van der Waals surface area contributed by atoms with Crippen LogP contribution in [0.1, 0.15) is 0 Å². The van der Waals surface area contributed by atoms with Crippen LogP contribution in [0.3, 0.4) is 0 Å². The molecule has 0 fully saturated rings. The van der Waals surface area contributed by atoms with E-state index >= 15 is 0 Å². The van der Waals surface area contributed by atoms with Crippen molar-refractivity contribution in [3.05, 3.63) is 152 Å². The third kappa shape index (κ3) is 3.58. The highest BCUT2D eigenvalue weighted by Crippen LogP contribution is 2.60. The molecule has 0 aliphatic carbocycles. The normalized spacial score (nSPS) is 12.8. The summed E-state index contributed by atoms with van der Waals surface area (Å²) in [7, 11) is 0. The molecule has 10 rings (SSSR count). The zero-order chi connectivity index (χ0) is 29.5. The van der Waals surface area contributed by atoms with Gasteiger partial charge in [0.25, 0.3) is 0 Å². The summed E-state index contributed by atoms with van der Waals surface area (Å²) in [6.45, 7) is 0. The Labute approximate surface area is 260 Å². The topological polar surface area (TPSA) is 21.7 Å². The van der Waals surface area contributed by atoms with Crippen molar-refractivity contribution in [2.75, 3.05) is 4.90 Å². The quantitative estimate of drug-likeness (QED) is 0.191. The van der Waals surface area contributed by atoms with Crippen molar-refractivity contribution in [2.45, 2.75) is 0 Å². The Kier molecular flexibility index (Phi) is 5.00. The lowest BCUT2D eigenvalue weighted by Crippen LogP contribution is -2.20. The number of para-hydroxylation sites is 4. The minimum Gasteiger partial charge on any atom is -0.453 e. The molecule has 3 heteroatoms. The number of rotatable bonds is 2. The van der Waals surface area contributed by atoms with E-state index in [1.54, 1.807) is 0 Å². The Morgan fingerprint density at radius 3 is 1.38 bits per heavy atom. The molecule has 2 aliphatic rings. The van der Waals surface area contributed by atoms with E-state index in [4.69, 9.17) is 9.47 Å². The lowest BCUT2D eigenvalue weighted by Gasteiger charge is -2.38. The first-order valence-electron chi connectivity index (χ1n) is 15.3. The molecule has 0 aromatic heterocycles. The van der Waals surface area contributed by atoms with E-state index in [9.17, 15) is 0 Å². The van der Waals surface area contributed by atoms with Gasteiger partial charge in [-0.15, -0.1) is 0 Å². The van der Waals surface area contributed by atoms with Crippen molar-refractivity contribution in [2.24, 2.45) is 0 Å². The minimum atomic E-state index is 0.783. The summed E-state index contributed by atoms with van der Waals surface area (Å²) in [5.74, 6) is 3.22. The molecule has 0 amide bonds. The van der Waals surface area contributed by atoms with Crippen LogP contribution in [0.15, 0.2) is 152 Å². The first kappa shape index (κ1) is 24.4. The molecule has 0 spiro atoms. The van der Waals surface area contributed by atoms with Gasteiger partial charge in [0.2, 0.25) is 0 Å². The zero-order valence-corrected chi connectivity index (χ0v) is 24.2. The van der Waals surface area contributed by atoms with Gasteiger partial charge < -0.3 is 9.47 Å². The molecule has 8 aromatic rings. The largest absolute Gasteiger partial charge is 0.453 e. The van der Waals surface area contributed by atoms with Crippen LogP contribution in [-0.2, 0) is 0 Å². The van der Waals surface area contributed by atoms with Crippen molar-refractivity contribution >= 4 is 49.4 Å². The van der Waals surface area contributed by atoms with Crippen molar-refractivity contribution < 1.29 is 9.47 Å². The van der Waals surface area contributed by atoms with Crippen molar-refractivity contribution in [3.63, 3.8) is 0 Å². The summed E-state index contributed by atoms with van der Waals surface area (Å²) < 4.78 is 13.0. The lowest BCUT2D eigenvalue weighted by atomic mass is 9.91. The van der Waals surface area contributed by atoms with Gasteiger partial charge >= 0.3 is 0 Å². The van der Waals surface area contributed by atoms with Crippen LogP contribution < -0.4 is 14.4 Å². The SMILES string of the molecule is c1cc(-c2cc3c4c(c2)Oc2ccccc2N4c2ccccc2O3)cc(-c2ccc3c4ccccc4c4ccccc4c3c2)c1. The van der Waals surface area contributed by atoms with Crippen LogP contribution in [-0.4, -0.2) is 0 Å². The average Bonchev–Trinajstić information content (AvgIpc) is 3.11. The smallest absolute Gasteiger partial charge is 0.156 e. The Morgan fingerprint density at radius 1 is 0.311 bits per heavy atom. The van der Waals surface area contributed by atoms with Gasteiger partial charge in [-0.25, -0.2) is 0 Å². The number of anilines is 3. The maximum atomic E-state index is 6.52. The number of fused-ring (bicyclic) bond motifs is 10. The predicted molar refractivity (Wildman–Crippen MR) is 185 cm³/mol. The second-order valence-electron chi connectivity index (χ2n) is 11.7. The van der Waals surface area contributed by atoms with Crippen LogP contribution in [0.25, 0.3) is 54.6 Å². The highest BCUT2D eigenvalue weighted by atomic mass is 16.5. The van der Waals surface area contributed by atoms with E-state index in [-0.39, 0.29) is 0 Å². The van der Waals surface area contributed by atoms with Crippen LogP contribution >= 0.6 is 0 Å². The molecule has 45 heavy (non-hydrogen) atoms. The van der Waals surface area contributed by atoms with Gasteiger partial charge in [0.05, 0.1) is 11.4 Å². The van der Waals surface area contributed by atoms with E-state index < -0.39 is 0 Å². The fraction of sp³-hybridized carbons (Fsp3) is 0. The van der Waals surface area contributed by atoms with Gasteiger partial charge in [-0.3, -0.25) is 4.90 Å².